The number of nitrogens with zero attached hydrogens (tertiary/aromatic N) is 2. The third-order valence-electron chi connectivity index (χ3n) is 4.10. The number of carbonyl (C=O) groups is 2. The Morgan fingerprint density at radius 2 is 2.14 bits per heavy atom. The van der Waals surface area contributed by atoms with Crippen LogP contribution >= 0.6 is 0 Å². The maximum absolute atomic E-state index is 12.5. The van der Waals surface area contributed by atoms with Crippen LogP contribution in [0.2, 0.25) is 0 Å². The molecule has 0 spiro atoms. The number of unbranched alkanes of at least 4 members (excludes halogenated alkanes) is 1. The molecule has 0 radical (unpaired) electrons. The lowest BCUT2D eigenvalue weighted by atomic mass is 9.93. The van der Waals surface area contributed by atoms with Crippen LogP contribution in [0.15, 0.2) is 16.9 Å². The van der Waals surface area contributed by atoms with Gasteiger partial charge < -0.3 is 14.7 Å². The highest BCUT2D eigenvalue weighted by atomic mass is 16.5. The van der Waals surface area contributed by atoms with E-state index in [-0.39, 0.29) is 24.4 Å². The Morgan fingerprint density at radius 3 is 2.77 bits per heavy atom. The Kier molecular flexibility index (Phi) is 6.43. The molecule has 6 heteroatoms. The summed E-state index contributed by atoms with van der Waals surface area (Å²) in [5, 5.41) is 6.32. The van der Waals surface area contributed by atoms with Crippen LogP contribution in [0.4, 0.5) is 5.82 Å². The molecule has 1 aliphatic rings. The van der Waals surface area contributed by atoms with Crippen molar-refractivity contribution in [2.45, 2.75) is 64.3 Å². The number of amides is 2. The Balaban J connectivity index is 1.96. The summed E-state index contributed by atoms with van der Waals surface area (Å²) in [5.41, 5.74) is 0. The predicted molar refractivity (Wildman–Crippen MR) is 83.2 cm³/mol. The molecule has 1 aliphatic carbocycles. The molecule has 1 saturated carbocycles. The fraction of sp³-hybridized carbons (Fsp3) is 0.688. The van der Waals surface area contributed by atoms with Crippen LogP contribution in [0.3, 0.4) is 0 Å². The van der Waals surface area contributed by atoms with E-state index in [2.05, 4.69) is 17.4 Å². The summed E-state index contributed by atoms with van der Waals surface area (Å²) < 4.78 is 4.69. The monoisotopic (exact) mass is 307 g/mol. The Hall–Kier alpha value is -1.85. The number of hydrogen-bond acceptors (Lipinski definition) is 4. The lowest BCUT2D eigenvalue weighted by Crippen LogP contribution is -2.45. The van der Waals surface area contributed by atoms with Crippen molar-refractivity contribution < 1.29 is 14.1 Å². The number of hydrogen-bond donors (Lipinski definition) is 1. The van der Waals surface area contributed by atoms with Gasteiger partial charge in [0.1, 0.15) is 12.8 Å². The van der Waals surface area contributed by atoms with Gasteiger partial charge in [0.05, 0.1) is 0 Å². The van der Waals surface area contributed by atoms with Crippen molar-refractivity contribution in [1.29, 1.82) is 0 Å². The van der Waals surface area contributed by atoms with Gasteiger partial charge in [-0.3, -0.25) is 9.59 Å². The Morgan fingerprint density at radius 1 is 1.36 bits per heavy atom. The van der Waals surface area contributed by atoms with E-state index < -0.39 is 0 Å². The normalized spacial score (nSPS) is 15.5. The van der Waals surface area contributed by atoms with Gasteiger partial charge in [-0.15, -0.1) is 0 Å². The third kappa shape index (κ3) is 4.86. The quantitative estimate of drug-likeness (QED) is 0.840. The summed E-state index contributed by atoms with van der Waals surface area (Å²) in [7, 11) is 0. The molecule has 1 fully saturated rings. The Bertz CT molecular complexity index is 467. The van der Waals surface area contributed by atoms with Crippen LogP contribution < -0.4 is 5.32 Å². The highest BCUT2D eigenvalue weighted by Crippen LogP contribution is 2.23. The number of carbonyl (C=O) groups excluding carboxylic acids is 2. The highest BCUT2D eigenvalue weighted by Gasteiger charge is 2.26. The summed E-state index contributed by atoms with van der Waals surface area (Å²) >= 11 is 0. The molecular formula is C16H25N3O3. The van der Waals surface area contributed by atoms with E-state index in [1.165, 1.54) is 12.7 Å². The molecule has 6 nitrogen and oxygen atoms in total. The van der Waals surface area contributed by atoms with E-state index >= 15 is 0 Å². The number of nitrogens with one attached hydrogen (secondary N) is 1. The van der Waals surface area contributed by atoms with Crippen LogP contribution in [0.1, 0.15) is 58.3 Å². The van der Waals surface area contributed by atoms with Crippen molar-refractivity contribution in [3.05, 3.63) is 12.3 Å². The van der Waals surface area contributed by atoms with Crippen LogP contribution in [0, 0.1) is 0 Å². The molecule has 0 saturated heterocycles. The average Bonchev–Trinajstić information content (AvgIpc) is 3.04. The first kappa shape index (κ1) is 16.5. The van der Waals surface area contributed by atoms with Crippen LogP contribution in [-0.4, -0.2) is 34.5 Å². The second-order valence-electron chi connectivity index (χ2n) is 5.85. The minimum Gasteiger partial charge on any atom is -0.363 e. The smallest absolute Gasteiger partial charge is 0.245 e. The van der Waals surface area contributed by atoms with Gasteiger partial charge in [-0.25, -0.2) is 0 Å². The standard InChI is InChI=1S/C16H25N3O3/c1-2-3-9-16(21)19(13-7-5-4-6-8-13)12-15(20)17-14-10-11-22-18-14/h10-11,13H,2-9,12H2,1H3,(H,17,18,20). The Labute approximate surface area is 131 Å². The summed E-state index contributed by atoms with van der Waals surface area (Å²) in [5.74, 6) is 0.253. The van der Waals surface area contributed by atoms with E-state index in [1.54, 1.807) is 11.0 Å². The molecule has 22 heavy (non-hydrogen) atoms. The molecule has 1 aromatic rings. The average molecular weight is 307 g/mol. The maximum Gasteiger partial charge on any atom is 0.245 e. The fourth-order valence-corrected chi connectivity index (χ4v) is 2.90. The lowest BCUT2D eigenvalue weighted by Gasteiger charge is -2.34. The van der Waals surface area contributed by atoms with Crippen molar-refractivity contribution >= 4 is 17.6 Å². The largest absolute Gasteiger partial charge is 0.363 e. The van der Waals surface area contributed by atoms with Gasteiger partial charge in [-0.2, -0.15) is 0 Å². The van der Waals surface area contributed by atoms with Gasteiger partial charge in [0.15, 0.2) is 5.82 Å². The van der Waals surface area contributed by atoms with Gasteiger partial charge >= 0.3 is 0 Å². The fourth-order valence-electron chi connectivity index (χ4n) is 2.90. The van der Waals surface area contributed by atoms with Crippen LogP contribution in [-0.2, 0) is 9.59 Å². The molecule has 122 valence electrons. The molecule has 1 aromatic heterocycles. The summed E-state index contributed by atoms with van der Waals surface area (Å²) in [4.78, 5) is 26.4. The molecule has 0 unspecified atom stereocenters. The van der Waals surface area contributed by atoms with Crippen molar-refractivity contribution in [1.82, 2.24) is 10.1 Å². The van der Waals surface area contributed by atoms with E-state index in [1.807, 2.05) is 0 Å². The molecule has 2 amide bonds. The predicted octanol–water partition coefficient (Wildman–Crippen LogP) is 2.96. The third-order valence-corrected chi connectivity index (χ3v) is 4.10. The van der Waals surface area contributed by atoms with Crippen molar-refractivity contribution in [2.75, 3.05) is 11.9 Å². The SMILES string of the molecule is CCCCC(=O)N(CC(=O)Nc1ccon1)C1CCCCC1. The minimum atomic E-state index is -0.218. The highest BCUT2D eigenvalue weighted by molar-refractivity contribution is 5.93. The molecule has 1 N–H and O–H groups in total. The van der Waals surface area contributed by atoms with E-state index in [0.717, 1.165) is 38.5 Å². The summed E-state index contributed by atoms with van der Waals surface area (Å²) in [6.45, 7) is 2.16. The van der Waals surface area contributed by atoms with Gasteiger partial charge in [-0.05, 0) is 19.3 Å². The molecule has 0 bridgehead atoms. The summed E-state index contributed by atoms with van der Waals surface area (Å²) in [6.07, 6.45) is 9.25. The van der Waals surface area contributed by atoms with Gasteiger partial charge in [0, 0.05) is 18.5 Å². The first-order valence-corrected chi connectivity index (χ1v) is 8.20. The second-order valence-corrected chi connectivity index (χ2v) is 5.85. The van der Waals surface area contributed by atoms with E-state index in [0.29, 0.717) is 12.2 Å². The number of rotatable bonds is 7. The van der Waals surface area contributed by atoms with Gasteiger partial charge in [-0.1, -0.05) is 37.8 Å². The lowest BCUT2D eigenvalue weighted by molar-refractivity contribution is -0.137. The summed E-state index contributed by atoms with van der Waals surface area (Å²) in [6, 6.07) is 1.78. The van der Waals surface area contributed by atoms with E-state index in [4.69, 9.17) is 4.52 Å². The molecule has 0 atom stereocenters. The van der Waals surface area contributed by atoms with Gasteiger partial charge in [0.25, 0.3) is 0 Å². The molecule has 1 heterocycles. The van der Waals surface area contributed by atoms with Crippen LogP contribution in [0.25, 0.3) is 0 Å². The first-order valence-electron chi connectivity index (χ1n) is 8.20. The van der Waals surface area contributed by atoms with Crippen molar-refractivity contribution in [3.8, 4) is 0 Å². The topological polar surface area (TPSA) is 75.4 Å². The second kappa shape index (κ2) is 8.56. The first-order chi connectivity index (χ1) is 10.7. The minimum absolute atomic E-state index is 0.0871. The number of aromatic nitrogens is 1. The van der Waals surface area contributed by atoms with E-state index in [9.17, 15) is 9.59 Å². The van der Waals surface area contributed by atoms with Crippen molar-refractivity contribution in [3.63, 3.8) is 0 Å². The van der Waals surface area contributed by atoms with Gasteiger partial charge in [0.2, 0.25) is 11.8 Å². The molecule has 0 aromatic carbocycles. The zero-order valence-electron chi connectivity index (χ0n) is 13.2. The zero-order chi connectivity index (χ0) is 15.8. The molecular weight excluding hydrogens is 282 g/mol. The van der Waals surface area contributed by atoms with Crippen molar-refractivity contribution in [2.24, 2.45) is 0 Å². The number of anilines is 1. The maximum atomic E-state index is 12.5. The zero-order valence-corrected chi connectivity index (χ0v) is 13.2. The van der Waals surface area contributed by atoms with Crippen LogP contribution in [0.5, 0.6) is 0 Å². The molecule has 0 aliphatic heterocycles. The molecule has 2 rings (SSSR count).